The average Bonchev–Trinajstić information content (AvgIpc) is 2.90. The molecule has 20 heavy (non-hydrogen) atoms. The van der Waals surface area contributed by atoms with Gasteiger partial charge in [-0.05, 0) is 31.0 Å². The lowest BCUT2D eigenvalue weighted by Gasteiger charge is -2.19. The van der Waals surface area contributed by atoms with Gasteiger partial charge in [0, 0.05) is 18.7 Å². The molecular formula is C13H13F3N2O2. The normalized spacial score (nSPS) is 15.4. The Kier molecular flexibility index (Phi) is 3.69. The van der Waals surface area contributed by atoms with Crippen LogP contribution < -0.4 is 5.73 Å². The van der Waals surface area contributed by atoms with Crippen molar-refractivity contribution in [3.63, 3.8) is 0 Å². The van der Waals surface area contributed by atoms with Crippen molar-refractivity contribution in [1.29, 1.82) is 0 Å². The quantitative estimate of drug-likeness (QED) is 0.904. The van der Waals surface area contributed by atoms with E-state index in [1.807, 2.05) is 0 Å². The highest BCUT2D eigenvalue weighted by atomic mass is 19.4. The van der Waals surface area contributed by atoms with Crippen LogP contribution in [0.1, 0.15) is 39.1 Å². The summed E-state index contributed by atoms with van der Waals surface area (Å²) in [6.45, 7) is 0.904. The summed E-state index contributed by atoms with van der Waals surface area (Å²) in [6.07, 6.45) is -3.14. The van der Waals surface area contributed by atoms with E-state index in [9.17, 15) is 22.8 Å². The van der Waals surface area contributed by atoms with Gasteiger partial charge in [0.1, 0.15) is 0 Å². The molecule has 2 N–H and O–H groups in total. The van der Waals surface area contributed by atoms with E-state index >= 15 is 0 Å². The highest BCUT2D eigenvalue weighted by Gasteiger charge is 2.37. The summed E-state index contributed by atoms with van der Waals surface area (Å²) in [5.41, 5.74) is 3.14. The molecule has 1 aromatic rings. The summed E-state index contributed by atoms with van der Waals surface area (Å²) >= 11 is 0. The van der Waals surface area contributed by atoms with Crippen LogP contribution in [0.5, 0.6) is 0 Å². The lowest BCUT2D eigenvalue weighted by atomic mass is 10.0. The minimum atomic E-state index is -4.71. The minimum absolute atomic E-state index is 0.268. The maximum Gasteiger partial charge on any atom is 0.417 e. The second-order valence-electron chi connectivity index (χ2n) is 4.62. The van der Waals surface area contributed by atoms with Crippen molar-refractivity contribution in [1.82, 2.24) is 4.90 Å². The molecule has 1 saturated heterocycles. The molecule has 1 fully saturated rings. The summed E-state index contributed by atoms with van der Waals surface area (Å²) in [6, 6.07) is 2.79. The molecule has 0 atom stereocenters. The van der Waals surface area contributed by atoms with Crippen LogP contribution in [0.3, 0.4) is 0 Å². The molecule has 0 saturated carbocycles. The first-order chi connectivity index (χ1) is 9.30. The Morgan fingerprint density at radius 2 is 1.75 bits per heavy atom. The van der Waals surface area contributed by atoms with Gasteiger partial charge < -0.3 is 10.6 Å². The van der Waals surface area contributed by atoms with Crippen molar-refractivity contribution in [3.8, 4) is 0 Å². The number of halogens is 3. The van der Waals surface area contributed by atoms with E-state index in [2.05, 4.69) is 0 Å². The van der Waals surface area contributed by atoms with E-state index in [1.54, 1.807) is 0 Å². The van der Waals surface area contributed by atoms with E-state index in [0.29, 0.717) is 19.2 Å². The Bertz CT molecular complexity index is 549. The summed E-state index contributed by atoms with van der Waals surface area (Å²) in [5, 5.41) is 0. The van der Waals surface area contributed by atoms with Crippen molar-refractivity contribution in [2.75, 3.05) is 13.1 Å². The van der Waals surface area contributed by atoms with Crippen LogP contribution in [0.15, 0.2) is 18.2 Å². The number of rotatable bonds is 2. The van der Waals surface area contributed by atoms with Crippen molar-refractivity contribution in [2.45, 2.75) is 19.0 Å². The number of nitrogens with two attached hydrogens (primary N) is 1. The third kappa shape index (κ3) is 2.76. The van der Waals surface area contributed by atoms with Crippen LogP contribution in [0.2, 0.25) is 0 Å². The van der Waals surface area contributed by atoms with Crippen molar-refractivity contribution >= 4 is 11.8 Å². The number of likely N-dealkylation sites (tertiary alicyclic amines) is 1. The zero-order chi connectivity index (χ0) is 14.9. The number of nitrogens with zero attached hydrogens (tertiary/aromatic N) is 1. The molecule has 0 bridgehead atoms. The van der Waals surface area contributed by atoms with Gasteiger partial charge in [0.2, 0.25) is 5.91 Å². The third-order valence-electron chi connectivity index (χ3n) is 3.23. The molecular weight excluding hydrogens is 273 g/mol. The Labute approximate surface area is 113 Å². The van der Waals surface area contributed by atoms with E-state index in [0.717, 1.165) is 25.0 Å². The second kappa shape index (κ2) is 5.15. The van der Waals surface area contributed by atoms with Crippen LogP contribution in [0.4, 0.5) is 13.2 Å². The Hall–Kier alpha value is -2.05. The molecule has 2 amide bonds. The Morgan fingerprint density at radius 3 is 2.25 bits per heavy atom. The molecule has 1 heterocycles. The zero-order valence-corrected chi connectivity index (χ0v) is 10.5. The SMILES string of the molecule is NC(=O)c1ccc(C(=O)N2CCCC2)c(C(F)(F)F)c1. The number of primary amides is 1. The summed E-state index contributed by atoms with van der Waals surface area (Å²) in [7, 11) is 0. The van der Waals surface area contributed by atoms with Gasteiger partial charge in [-0.15, -0.1) is 0 Å². The molecule has 4 nitrogen and oxygen atoms in total. The highest BCUT2D eigenvalue weighted by molar-refractivity contribution is 5.99. The second-order valence-corrected chi connectivity index (χ2v) is 4.62. The first-order valence-electron chi connectivity index (χ1n) is 6.11. The fourth-order valence-electron chi connectivity index (χ4n) is 2.21. The third-order valence-corrected chi connectivity index (χ3v) is 3.23. The van der Waals surface area contributed by atoms with Gasteiger partial charge in [-0.3, -0.25) is 9.59 Å². The number of amides is 2. The lowest BCUT2D eigenvalue weighted by Crippen LogP contribution is -2.30. The molecule has 1 aliphatic heterocycles. The largest absolute Gasteiger partial charge is 0.417 e. The van der Waals surface area contributed by atoms with Crippen LogP contribution in [0, 0.1) is 0 Å². The summed E-state index contributed by atoms with van der Waals surface area (Å²) in [5.74, 6) is -1.62. The topological polar surface area (TPSA) is 63.4 Å². The van der Waals surface area contributed by atoms with E-state index in [-0.39, 0.29) is 5.56 Å². The average molecular weight is 286 g/mol. The monoisotopic (exact) mass is 286 g/mol. The molecule has 0 aromatic heterocycles. The number of carbonyl (C=O) groups is 2. The fraction of sp³-hybridized carbons (Fsp3) is 0.385. The molecule has 0 radical (unpaired) electrons. The highest BCUT2D eigenvalue weighted by Crippen LogP contribution is 2.33. The van der Waals surface area contributed by atoms with Crippen LogP contribution >= 0.6 is 0 Å². The summed E-state index contributed by atoms with van der Waals surface area (Å²) < 4.78 is 39.0. The number of hydrogen-bond donors (Lipinski definition) is 1. The van der Waals surface area contributed by atoms with E-state index in [4.69, 9.17) is 5.73 Å². The van der Waals surface area contributed by atoms with Crippen LogP contribution in [-0.4, -0.2) is 29.8 Å². The van der Waals surface area contributed by atoms with Crippen molar-refractivity contribution in [3.05, 3.63) is 34.9 Å². The van der Waals surface area contributed by atoms with E-state index in [1.165, 1.54) is 4.90 Å². The van der Waals surface area contributed by atoms with Gasteiger partial charge in [-0.2, -0.15) is 13.2 Å². The first-order valence-corrected chi connectivity index (χ1v) is 6.11. The number of hydrogen-bond acceptors (Lipinski definition) is 2. The van der Waals surface area contributed by atoms with Gasteiger partial charge >= 0.3 is 6.18 Å². The van der Waals surface area contributed by atoms with Crippen LogP contribution in [0.25, 0.3) is 0 Å². The number of benzene rings is 1. The molecule has 1 aromatic carbocycles. The van der Waals surface area contributed by atoms with E-state index < -0.39 is 29.1 Å². The first kappa shape index (κ1) is 14.4. The van der Waals surface area contributed by atoms with Gasteiger partial charge in [-0.25, -0.2) is 0 Å². The lowest BCUT2D eigenvalue weighted by molar-refractivity contribution is -0.138. The molecule has 108 valence electrons. The standard InChI is InChI=1S/C13H13F3N2O2/c14-13(15,16)10-7-8(11(17)19)3-4-9(10)12(20)18-5-1-2-6-18/h3-4,7H,1-2,5-6H2,(H2,17,19). The number of carbonyl (C=O) groups excluding carboxylic acids is 2. The van der Waals surface area contributed by atoms with Gasteiger partial charge in [0.25, 0.3) is 5.91 Å². The smallest absolute Gasteiger partial charge is 0.366 e. The molecule has 0 unspecified atom stereocenters. The number of alkyl halides is 3. The van der Waals surface area contributed by atoms with Gasteiger partial charge in [-0.1, -0.05) is 0 Å². The molecule has 0 aliphatic carbocycles. The molecule has 7 heteroatoms. The zero-order valence-electron chi connectivity index (χ0n) is 10.5. The molecule has 2 rings (SSSR count). The van der Waals surface area contributed by atoms with Gasteiger partial charge in [0.15, 0.2) is 0 Å². The maximum atomic E-state index is 13.0. The Morgan fingerprint density at radius 1 is 1.15 bits per heavy atom. The van der Waals surface area contributed by atoms with Crippen LogP contribution in [-0.2, 0) is 6.18 Å². The fourth-order valence-corrected chi connectivity index (χ4v) is 2.21. The van der Waals surface area contributed by atoms with Crippen molar-refractivity contribution in [2.24, 2.45) is 5.73 Å². The molecule has 1 aliphatic rings. The summed E-state index contributed by atoms with van der Waals surface area (Å²) in [4.78, 5) is 24.5. The maximum absolute atomic E-state index is 13.0. The Balaban J connectivity index is 2.46. The van der Waals surface area contributed by atoms with Crippen molar-refractivity contribution < 1.29 is 22.8 Å². The minimum Gasteiger partial charge on any atom is -0.366 e. The van der Waals surface area contributed by atoms with Gasteiger partial charge in [0.05, 0.1) is 11.1 Å². The predicted octanol–water partition coefficient (Wildman–Crippen LogP) is 2.04. The molecule has 0 spiro atoms. The predicted molar refractivity (Wildman–Crippen MR) is 65.1 cm³/mol.